The number of ketones is 3. The summed E-state index contributed by atoms with van der Waals surface area (Å²) in [5, 5.41) is 55.1. The molecular formula is C49H75NO14. The van der Waals surface area contributed by atoms with Crippen molar-refractivity contribution in [3.05, 3.63) is 48.1 Å². The van der Waals surface area contributed by atoms with E-state index < -0.39 is 102 Å². The molecule has 0 aromatic carbocycles. The number of rotatable bonds is 5. The van der Waals surface area contributed by atoms with Crippen LogP contribution in [0.5, 0.6) is 0 Å². The molecule has 2 bridgehead atoms. The number of allylic oxidation sites excluding steroid dienone is 6. The van der Waals surface area contributed by atoms with Gasteiger partial charge in [0.2, 0.25) is 5.79 Å². The standard InChI is InChI=1S/C49H75NO14/c1-28-13-11-9-10-12-14-35(51)25-37-18-15-33(6)49(60,64-37)46(57)47(58)50-27-36(52)17-19-38(50)48(59)63-41(30(3)23-34-16-20-39(53)42(24-34)61-7)26-40(54)29(2)22-32(5)44(56)45(62-8)43(55)31(4)21-28/h9-14,22,28-31,33-39,41-42,44-45,51-53,56,60H,15-21,23-27H2,1-8H3/b10-9+,13-11-,14-12+,32-22+/t28-,29-,30-,31-,33-,34?,35-,36?,37+,38?,39?,41+,42?,44-,45+,49-/m1/s1. The topological polar surface area (TPSA) is 227 Å². The van der Waals surface area contributed by atoms with E-state index in [9.17, 15) is 49.5 Å². The lowest BCUT2D eigenvalue weighted by atomic mass is 9.78. The summed E-state index contributed by atoms with van der Waals surface area (Å²) in [5.41, 5.74) is 0.352. The molecule has 2 saturated heterocycles. The number of nitrogens with zero attached hydrogens (tertiary/aromatic N) is 1. The van der Waals surface area contributed by atoms with Crippen molar-refractivity contribution >= 4 is 29.2 Å². The average molecular weight is 902 g/mol. The highest BCUT2D eigenvalue weighted by Gasteiger charge is 2.53. The minimum absolute atomic E-state index is 0.0151. The van der Waals surface area contributed by atoms with Crippen LogP contribution in [0.15, 0.2) is 48.1 Å². The van der Waals surface area contributed by atoms with Gasteiger partial charge in [-0.3, -0.25) is 19.2 Å². The van der Waals surface area contributed by atoms with Gasteiger partial charge in [-0.05, 0) is 88.0 Å². The average Bonchev–Trinajstić information content (AvgIpc) is 3.25. The SMILES string of the molecule is COC1CC(C[C@@H](C)[C@@H]2CC(=O)[C@H](C)/C=C(\C)[C@@H](O)[C@@H](OC)C(=O)[C@H](C)C[C@H](C)\C=C/C=C/C=C/[C@@H](O)C[C@@H]3CC[C@@H](C)[C@@](O)(O3)C(=O)C(=O)N3CC(O)CCC3C(=O)O2)CCC1O. The zero-order chi connectivity index (χ0) is 47.5. The van der Waals surface area contributed by atoms with E-state index in [1.54, 1.807) is 59.1 Å². The fourth-order valence-electron chi connectivity index (χ4n) is 9.70. The summed E-state index contributed by atoms with van der Waals surface area (Å²) in [6.45, 7) is 10.1. The third-order valence-corrected chi connectivity index (χ3v) is 13.9. The van der Waals surface area contributed by atoms with Gasteiger partial charge in [-0.2, -0.15) is 0 Å². The molecule has 15 heteroatoms. The number of ether oxygens (including phenoxy) is 4. The first kappa shape index (κ1) is 53.2. The second-order valence-corrected chi connectivity index (χ2v) is 19.1. The minimum atomic E-state index is -2.57. The fourth-order valence-corrected chi connectivity index (χ4v) is 9.70. The second kappa shape index (κ2) is 24.4. The summed E-state index contributed by atoms with van der Waals surface area (Å²) in [4.78, 5) is 71.1. The number of esters is 1. The van der Waals surface area contributed by atoms with Crippen molar-refractivity contribution in [2.24, 2.45) is 35.5 Å². The molecule has 4 aliphatic rings. The Morgan fingerprint density at radius 1 is 0.844 bits per heavy atom. The number of carbonyl (C=O) groups is 5. The number of carbonyl (C=O) groups excluding carboxylic acids is 5. The van der Waals surface area contributed by atoms with E-state index in [1.165, 1.54) is 13.2 Å². The molecule has 3 fully saturated rings. The maximum Gasteiger partial charge on any atom is 0.329 e. The van der Waals surface area contributed by atoms with Gasteiger partial charge in [0.15, 0.2) is 5.78 Å². The number of piperidine rings is 1. The Kier molecular flexibility index (Phi) is 20.3. The molecule has 3 aliphatic heterocycles. The van der Waals surface area contributed by atoms with Crippen LogP contribution in [0.1, 0.15) is 112 Å². The number of fused-ring (bicyclic) bond motifs is 3. The highest BCUT2D eigenvalue weighted by molar-refractivity contribution is 6.39. The van der Waals surface area contributed by atoms with Crippen LogP contribution in [0, 0.1) is 35.5 Å². The van der Waals surface area contributed by atoms with Gasteiger partial charge in [0, 0.05) is 51.4 Å². The third-order valence-electron chi connectivity index (χ3n) is 13.9. The summed E-state index contributed by atoms with van der Waals surface area (Å²) in [7, 11) is 2.89. The van der Waals surface area contributed by atoms with Crippen LogP contribution in [0.2, 0.25) is 0 Å². The van der Waals surface area contributed by atoms with E-state index in [4.69, 9.17) is 18.9 Å². The van der Waals surface area contributed by atoms with Gasteiger partial charge >= 0.3 is 5.97 Å². The van der Waals surface area contributed by atoms with Crippen LogP contribution < -0.4 is 0 Å². The van der Waals surface area contributed by atoms with E-state index in [1.807, 2.05) is 26.0 Å². The van der Waals surface area contributed by atoms with Crippen LogP contribution in [0.3, 0.4) is 0 Å². The van der Waals surface area contributed by atoms with Crippen molar-refractivity contribution < 1.29 is 68.5 Å². The summed E-state index contributed by atoms with van der Waals surface area (Å²) in [6, 6.07) is -1.33. The highest BCUT2D eigenvalue weighted by Crippen LogP contribution is 2.37. The largest absolute Gasteiger partial charge is 0.460 e. The first-order valence-corrected chi connectivity index (χ1v) is 23.2. The van der Waals surface area contributed by atoms with Crippen molar-refractivity contribution in [2.75, 3.05) is 20.8 Å². The number of hydrogen-bond acceptors (Lipinski definition) is 14. The van der Waals surface area contributed by atoms with Crippen LogP contribution in [0.25, 0.3) is 0 Å². The van der Waals surface area contributed by atoms with Crippen molar-refractivity contribution in [2.45, 2.75) is 173 Å². The smallest absolute Gasteiger partial charge is 0.329 e. The van der Waals surface area contributed by atoms with Gasteiger partial charge in [-0.15, -0.1) is 0 Å². The molecule has 64 heavy (non-hydrogen) atoms. The third kappa shape index (κ3) is 14.1. The molecule has 1 amide bonds. The number of amides is 1. The molecule has 5 unspecified atom stereocenters. The number of aliphatic hydroxyl groups excluding tert-OH is 4. The Morgan fingerprint density at radius 3 is 2.20 bits per heavy atom. The molecule has 0 spiro atoms. The molecule has 1 aliphatic carbocycles. The van der Waals surface area contributed by atoms with E-state index in [2.05, 4.69) is 0 Å². The lowest BCUT2D eigenvalue weighted by molar-refractivity contribution is -0.265. The molecule has 0 radical (unpaired) electrons. The monoisotopic (exact) mass is 902 g/mol. The molecular weight excluding hydrogens is 827 g/mol. The molecule has 0 aromatic heterocycles. The number of aliphatic hydroxyl groups is 5. The lowest BCUT2D eigenvalue weighted by Crippen LogP contribution is -2.62. The summed E-state index contributed by atoms with van der Waals surface area (Å²) >= 11 is 0. The van der Waals surface area contributed by atoms with Gasteiger partial charge in [-0.1, -0.05) is 77.2 Å². The number of cyclic esters (lactones) is 1. The van der Waals surface area contributed by atoms with Crippen molar-refractivity contribution in [3.63, 3.8) is 0 Å². The molecule has 4 rings (SSSR count). The molecule has 5 N–H and O–H groups in total. The van der Waals surface area contributed by atoms with E-state index in [-0.39, 0.29) is 55.2 Å². The molecule has 15 nitrogen and oxygen atoms in total. The molecule has 1 saturated carbocycles. The summed E-state index contributed by atoms with van der Waals surface area (Å²) < 4.78 is 23.2. The summed E-state index contributed by atoms with van der Waals surface area (Å²) in [5.74, 6) is -9.00. The first-order valence-electron chi connectivity index (χ1n) is 23.2. The van der Waals surface area contributed by atoms with Gasteiger partial charge in [0.05, 0.1) is 30.5 Å². The Hall–Kier alpha value is -3.41. The Morgan fingerprint density at radius 2 is 1.53 bits per heavy atom. The zero-order valence-electron chi connectivity index (χ0n) is 39.0. The van der Waals surface area contributed by atoms with E-state index in [0.717, 1.165) is 4.90 Å². The predicted molar refractivity (Wildman–Crippen MR) is 237 cm³/mol. The fraction of sp³-hybridized carbons (Fsp3) is 0.735. The quantitative estimate of drug-likeness (QED) is 0.149. The van der Waals surface area contributed by atoms with Crippen LogP contribution in [-0.4, -0.2) is 141 Å². The van der Waals surface area contributed by atoms with Gasteiger partial charge in [-0.25, -0.2) is 4.79 Å². The first-order chi connectivity index (χ1) is 30.2. The Balaban J connectivity index is 1.69. The molecule has 360 valence electrons. The number of Topliss-reactive ketones (excluding diaryl/α,β-unsaturated/α-hetero) is 3. The Labute approximate surface area is 378 Å². The molecule has 0 aromatic rings. The lowest BCUT2D eigenvalue weighted by Gasteiger charge is -2.43. The minimum Gasteiger partial charge on any atom is -0.460 e. The van der Waals surface area contributed by atoms with Crippen LogP contribution in [-0.2, 0) is 42.9 Å². The summed E-state index contributed by atoms with van der Waals surface area (Å²) in [6.07, 6.45) is 7.90. The molecule has 3 heterocycles. The van der Waals surface area contributed by atoms with E-state index >= 15 is 0 Å². The molecule has 16 atom stereocenters. The maximum absolute atomic E-state index is 14.3. The van der Waals surface area contributed by atoms with Crippen LogP contribution >= 0.6 is 0 Å². The maximum atomic E-state index is 14.3. The van der Waals surface area contributed by atoms with Gasteiger partial charge in [0.25, 0.3) is 11.7 Å². The predicted octanol–water partition coefficient (Wildman–Crippen LogP) is 4.11. The zero-order valence-corrected chi connectivity index (χ0v) is 39.0. The van der Waals surface area contributed by atoms with Crippen molar-refractivity contribution in [3.8, 4) is 0 Å². The number of methoxy groups -OCH3 is 2. The van der Waals surface area contributed by atoms with Crippen LogP contribution in [0.4, 0.5) is 0 Å². The number of hydrogen-bond donors (Lipinski definition) is 5. The highest BCUT2D eigenvalue weighted by atomic mass is 16.6. The Bertz CT molecular complexity index is 1730. The van der Waals surface area contributed by atoms with Crippen molar-refractivity contribution in [1.29, 1.82) is 0 Å². The van der Waals surface area contributed by atoms with E-state index in [0.29, 0.717) is 50.5 Å². The van der Waals surface area contributed by atoms with Crippen molar-refractivity contribution in [1.82, 2.24) is 4.90 Å². The van der Waals surface area contributed by atoms with Gasteiger partial charge < -0.3 is 49.4 Å². The van der Waals surface area contributed by atoms with Gasteiger partial charge in [0.1, 0.15) is 30.1 Å². The second-order valence-electron chi connectivity index (χ2n) is 19.1. The normalized spacial score (nSPS) is 41.5.